The highest BCUT2D eigenvalue weighted by Gasteiger charge is 2.22. The predicted octanol–water partition coefficient (Wildman–Crippen LogP) is 2.87. The summed E-state index contributed by atoms with van der Waals surface area (Å²) in [6.45, 7) is 0. The zero-order chi connectivity index (χ0) is 12.3. The standard InChI is InChI=1S/C13H17F2NO/c1-16-9-5-7-10(8-6-9)17-12-4-2-3-11(14)13(12)15/h2-4,9-10,16H,5-8H2,1H3. The first kappa shape index (κ1) is 12.3. The quantitative estimate of drug-likeness (QED) is 0.878. The maximum absolute atomic E-state index is 13.4. The highest BCUT2D eigenvalue weighted by atomic mass is 19.2. The molecule has 94 valence electrons. The molecule has 0 spiro atoms. The minimum Gasteiger partial charge on any atom is -0.487 e. The molecule has 2 nitrogen and oxygen atoms in total. The molecule has 1 aliphatic carbocycles. The van der Waals surface area contributed by atoms with Gasteiger partial charge in [0.1, 0.15) is 0 Å². The van der Waals surface area contributed by atoms with E-state index in [0.717, 1.165) is 31.7 Å². The zero-order valence-corrected chi connectivity index (χ0v) is 9.88. The Morgan fingerprint density at radius 1 is 1.18 bits per heavy atom. The molecule has 0 aliphatic heterocycles. The molecule has 1 N–H and O–H groups in total. The van der Waals surface area contributed by atoms with Crippen molar-refractivity contribution in [3.8, 4) is 5.75 Å². The van der Waals surface area contributed by atoms with Crippen molar-refractivity contribution in [2.24, 2.45) is 0 Å². The number of hydrogen-bond acceptors (Lipinski definition) is 2. The Balaban J connectivity index is 1.95. The van der Waals surface area contributed by atoms with E-state index >= 15 is 0 Å². The predicted molar refractivity (Wildman–Crippen MR) is 62.1 cm³/mol. The van der Waals surface area contributed by atoms with Crippen LogP contribution >= 0.6 is 0 Å². The molecule has 1 aromatic carbocycles. The van der Waals surface area contributed by atoms with Crippen molar-refractivity contribution in [2.75, 3.05) is 7.05 Å². The topological polar surface area (TPSA) is 21.3 Å². The molecule has 1 aromatic rings. The van der Waals surface area contributed by atoms with E-state index in [1.54, 1.807) is 0 Å². The Morgan fingerprint density at radius 3 is 2.53 bits per heavy atom. The Kier molecular flexibility index (Phi) is 3.94. The van der Waals surface area contributed by atoms with Gasteiger partial charge in [0.2, 0.25) is 5.82 Å². The third-order valence-electron chi connectivity index (χ3n) is 3.29. The molecule has 0 amide bonds. The summed E-state index contributed by atoms with van der Waals surface area (Å²) in [7, 11) is 1.94. The molecule has 4 heteroatoms. The van der Waals surface area contributed by atoms with Gasteiger partial charge < -0.3 is 10.1 Å². The van der Waals surface area contributed by atoms with Crippen molar-refractivity contribution >= 4 is 0 Å². The molecule has 17 heavy (non-hydrogen) atoms. The molecule has 1 fully saturated rings. The van der Waals surface area contributed by atoms with Crippen LogP contribution in [0.4, 0.5) is 8.78 Å². The van der Waals surface area contributed by atoms with Gasteiger partial charge in [-0.1, -0.05) is 6.07 Å². The molecule has 0 heterocycles. The molecule has 1 aliphatic rings. The van der Waals surface area contributed by atoms with E-state index in [9.17, 15) is 8.78 Å². The molecule has 0 unspecified atom stereocenters. The van der Waals surface area contributed by atoms with E-state index in [4.69, 9.17) is 4.74 Å². The Bertz CT molecular complexity index is 376. The molecule has 0 radical (unpaired) electrons. The molecule has 0 saturated heterocycles. The first-order valence-corrected chi connectivity index (χ1v) is 5.98. The Morgan fingerprint density at radius 2 is 1.88 bits per heavy atom. The van der Waals surface area contributed by atoms with Gasteiger partial charge >= 0.3 is 0 Å². The monoisotopic (exact) mass is 241 g/mol. The minimum absolute atomic E-state index is 0.00380. The van der Waals surface area contributed by atoms with Crippen LogP contribution in [0.5, 0.6) is 5.75 Å². The second kappa shape index (κ2) is 5.45. The highest BCUT2D eigenvalue weighted by Crippen LogP contribution is 2.26. The zero-order valence-electron chi connectivity index (χ0n) is 9.88. The number of nitrogens with one attached hydrogen (secondary N) is 1. The van der Waals surface area contributed by atoms with Gasteiger partial charge in [0, 0.05) is 6.04 Å². The summed E-state index contributed by atoms with van der Waals surface area (Å²) in [5, 5.41) is 3.22. The summed E-state index contributed by atoms with van der Waals surface area (Å²) in [6.07, 6.45) is 3.77. The van der Waals surface area contributed by atoms with Gasteiger partial charge in [0.05, 0.1) is 6.10 Å². The summed E-state index contributed by atoms with van der Waals surface area (Å²) in [4.78, 5) is 0. The SMILES string of the molecule is CNC1CCC(Oc2cccc(F)c2F)CC1. The fourth-order valence-corrected chi connectivity index (χ4v) is 2.22. The summed E-state index contributed by atoms with van der Waals surface area (Å²) in [5.74, 6) is -1.72. The van der Waals surface area contributed by atoms with Crippen molar-refractivity contribution in [1.29, 1.82) is 0 Å². The van der Waals surface area contributed by atoms with E-state index in [-0.39, 0.29) is 11.9 Å². The average Bonchev–Trinajstić information content (AvgIpc) is 2.36. The fourth-order valence-electron chi connectivity index (χ4n) is 2.22. The van der Waals surface area contributed by atoms with Gasteiger partial charge in [-0.3, -0.25) is 0 Å². The fraction of sp³-hybridized carbons (Fsp3) is 0.538. The van der Waals surface area contributed by atoms with Gasteiger partial charge in [-0.15, -0.1) is 0 Å². The van der Waals surface area contributed by atoms with Crippen LogP contribution < -0.4 is 10.1 Å². The molecule has 2 rings (SSSR count). The van der Waals surface area contributed by atoms with Crippen molar-refractivity contribution in [1.82, 2.24) is 5.32 Å². The van der Waals surface area contributed by atoms with Gasteiger partial charge in [-0.2, -0.15) is 4.39 Å². The highest BCUT2D eigenvalue weighted by molar-refractivity contribution is 5.25. The van der Waals surface area contributed by atoms with Gasteiger partial charge in [-0.25, -0.2) is 4.39 Å². The second-order valence-electron chi connectivity index (χ2n) is 4.43. The third-order valence-corrected chi connectivity index (χ3v) is 3.29. The molecular weight excluding hydrogens is 224 g/mol. The number of hydrogen-bond donors (Lipinski definition) is 1. The van der Waals surface area contributed by atoms with Crippen molar-refractivity contribution in [3.63, 3.8) is 0 Å². The summed E-state index contributed by atoms with van der Waals surface area (Å²) < 4.78 is 31.9. The summed E-state index contributed by atoms with van der Waals surface area (Å²) in [6, 6.07) is 4.56. The molecule has 0 atom stereocenters. The van der Waals surface area contributed by atoms with Gasteiger partial charge in [0.25, 0.3) is 0 Å². The Hall–Kier alpha value is -1.16. The minimum atomic E-state index is -0.886. The lowest BCUT2D eigenvalue weighted by molar-refractivity contribution is 0.135. The van der Waals surface area contributed by atoms with E-state index in [2.05, 4.69) is 5.32 Å². The second-order valence-corrected chi connectivity index (χ2v) is 4.43. The van der Waals surface area contributed by atoms with Crippen molar-refractivity contribution < 1.29 is 13.5 Å². The van der Waals surface area contributed by atoms with Crippen LogP contribution in [-0.2, 0) is 0 Å². The lowest BCUT2D eigenvalue weighted by Crippen LogP contribution is -2.34. The molecule has 1 saturated carbocycles. The number of benzene rings is 1. The van der Waals surface area contributed by atoms with Gasteiger partial charge in [0.15, 0.2) is 11.6 Å². The maximum atomic E-state index is 13.4. The molecule has 0 bridgehead atoms. The lowest BCUT2D eigenvalue weighted by atomic mass is 9.93. The summed E-state index contributed by atoms with van der Waals surface area (Å²) in [5.41, 5.74) is 0. The number of halogens is 2. The molecule has 0 aromatic heterocycles. The molecular formula is C13H17F2NO. The van der Waals surface area contributed by atoms with E-state index in [1.165, 1.54) is 12.1 Å². The van der Waals surface area contributed by atoms with Crippen LogP contribution in [0.2, 0.25) is 0 Å². The summed E-state index contributed by atoms with van der Waals surface area (Å²) >= 11 is 0. The number of rotatable bonds is 3. The van der Waals surface area contributed by atoms with Crippen LogP contribution in [-0.4, -0.2) is 19.2 Å². The van der Waals surface area contributed by atoms with E-state index < -0.39 is 11.6 Å². The van der Waals surface area contributed by atoms with Crippen LogP contribution in [0.1, 0.15) is 25.7 Å². The maximum Gasteiger partial charge on any atom is 0.200 e. The van der Waals surface area contributed by atoms with Gasteiger partial charge in [-0.05, 0) is 44.9 Å². The van der Waals surface area contributed by atoms with Crippen molar-refractivity contribution in [2.45, 2.75) is 37.8 Å². The average molecular weight is 241 g/mol. The third kappa shape index (κ3) is 2.94. The first-order chi connectivity index (χ1) is 8.20. The van der Waals surface area contributed by atoms with Crippen LogP contribution in [0, 0.1) is 11.6 Å². The number of ether oxygens (including phenoxy) is 1. The van der Waals surface area contributed by atoms with Crippen LogP contribution in [0.25, 0.3) is 0 Å². The van der Waals surface area contributed by atoms with Crippen molar-refractivity contribution in [3.05, 3.63) is 29.8 Å². The lowest BCUT2D eigenvalue weighted by Gasteiger charge is -2.28. The first-order valence-electron chi connectivity index (χ1n) is 5.98. The van der Waals surface area contributed by atoms with E-state index in [0.29, 0.717) is 6.04 Å². The smallest absolute Gasteiger partial charge is 0.200 e. The normalized spacial score (nSPS) is 24.6. The van der Waals surface area contributed by atoms with E-state index in [1.807, 2.05) is 7.05 Å². The van der Waals surface area contributed by atoms with Crippen LogP contribution in [0.3, 0.4) is 0 Å². The Labute approximate surface area is 100.0 Å². The van der Waals surface area contributed by atoms with Crippen LogP contribution in [0.15, 0.2) is 18.2 Å². The largest absolute Gasteiger partial charge is 0.487 e.